The summed E-state index contributed by atoms with van der Waals surface area (Å²) < 4.78 is 15.0. The first-order valence-electron chi connectivity index (χ1n) is 6.74. The number of rotatable bonds is 7. The Hall–Kier alpha value is -2.68. The third kappa shape index (κ3) is 5.75. The Morgan fingerprint density at radius 2 is 1.91 bits per heavy atom. The van der Waals surface area contributed by atoms with Gasteiger partial charge in [0.05, 0.1) is 20.3 Å². The molecule has 0 aliphatic rings. The predicted octanol–water partition coefficient (Wildman–Crippen LogP) is 1.83. The van der Waals surface area contributed by atoms with Crippen LogP contribution in [-0.4, -0.2) is 43.8 Å². The molecule has 0 atom stereocenters. The molecule has 0 saturated heterocycles. The molecule has 1 rings (SSSR count). The lowest BCUT2D eigenvalue weighted by molar-refractivity contribution is -0.143. The first kappa shape index (κ1) is 17.4. The molecule has 0 heterocycles. The van der Waals surface area contributed by atoms with Crippen LogP contribution in [0.3, 0.4) is 0 Å². The van der Waals surface area contributed by atoms with E-state index >= 15 is 0 Å². The van der Waals surface area contributed by atoms with Crippen LogP contribution in [0.4, 0.5) is 4.79 Å². The van der Waals surface area contributed by atoms with Crippen LogP contribution in [0.15, 0.2) is 24.3 Å². The SMILES string of the molecule is C#CCN(CC(=O)OCC)C(=O)OCc1ccc(OC)cc1. The number of hydrogen-bond acceptors (Lipinski definition) is 5. The second-order valence-electron chi connectivity index (χ2n) is 4.27. The number of ether oxygens (including phenoxy) is 3. The molecule has 0 aliphatic carbocycles. The quantitative estimate of drug-likeness (QED) is 0.568. The molecule has 118 valence electrons. The monoisotopic (exact) mass is 305 g/mol. The van der Waals surface area contributed by atoms with Crippen molar-refractivity contribution in [3.8, 4) is 18.1 Å². The molecule has 0 unspecified atom stereocenters. The van der Waals surface area contributed by atoms with E-state index in [-0.39, 0.29) is 26.3 Å². The van der Waals surface area contributed by atoms with E-state index in [0.717, 1.165) is 10.5 Å². The van der Waals surface area contributed by atoms with Crippen LogP contribution < -0.4 is 4.74 Å². The number of carbonyl (C=O) groups is 2. The van der Waals surface area contributed by atoms with Crippen molar-refractivity contribution in [1.29, 1.82) is 0 Å². The van der Waals surface area contributed by atoms with Gasteiger partial charge < -0.3 is 14.2 Å². The molecule has 0 spiro atoms. The van der Waals surface area contributed by atoms with Crippen molar-refractivity contribution >= 4 is 12.1 Å². The number of terminal acetylenes is 1. The Labute approximate surface area is 130 Å². The maximum absolute atomic E-state index is 11.9. The molecule has 0 radical (unpaired) electrons. The third-order valence-electron chi connectivity index (χ3n) is 2.69. The predicted molar refractivity (Wildman–Crippen MR) is 80.2 cm³/mol. The van der Waals surface area contributed by atoms with Crippen LogP contribution in [0, 0.1) is 12.3 Å². The van der Waals surface area contributed by atoms with Gasteiger partial charge in [0.2, 0.25) is 0 Å². The summed E-state index contributed by atoms with van der Waals surface area (Å²) in [7, 11) is 1.57. The zero-order valence-corrected chi connectivity index (χ0v) is 12.7. The van der Waals surface area contributed by atoms with E-state index in [9.17, 15) is 9.59 Å². The number of amides is 1. The van der Waals surface area contributed by atoms with E-state index in [2.05, 4.69) is 5.92 Å². The van der Waals surface area contributed by atoms with Gasteiger partial charge >= 0.3 is 12.1 Å². The Kier molecular flexibility index (Phi) is 7.34. The Morgan fingerprint density at radius 1 is 1.23 bits per heavy atom. The van der Waals surface area contributed by atoms with E-state index in [1.807, 2.05) is 0 Å². The average Bonchev–Trinajstić information content (AvgIpc) is 2.53. The smallest absolute Gasteiger partial charge is 0.411 e. The Morgan fingerprint density at radius 3 is 2.45 bits per heavy atom. The van der Waals surface area contributed by atoms with Gasteiger partial charge in [-0.05, 0) is 24.6 Å². The highest BCUT2D eigenvalue weighted by molar-refractivity contribution is 5.78. The van der Waals surface area contributed by atoms with E-state index in [0.29, 0.717) is 5.75 Å². The number of esters is 1. The summed E-state index contributed by atoms with van der Waals surface area (Å²) in [5.74, 6) is 2.50. The molecule has 0 bridgehead atoms. The van der Waals surface area contributed by atoms with Gasteiger partial charge in [-0.25, -0.2) is 4.79 Å². The Bertz CT molecular complexity index is 532. The third-order valence-corrected chi connectivity index (χ3v) is 2.69. The fourth-order valence-corrected chi connectivity index (χ4v) is 1.62. The average molecular weight is 305 g/mol. The van der Waals surface area contributed by atoms with E-state index in [1.54, 1.807) is 38.3 Å². The number of hydrogen-bond donors (Lipinski definition) is 0. The summed E-state index contributed by atoms with van der Waals surface area (Å²) in [6.45, 7) is 1.74. The maximum atomic E-state index is 11.9. The van der Waals surface area contributed by atoms with Gasteiger partial charge in [0.25, 0.3) is 0 Å². The van der Waals surface area contributed by atoms with Gasteiger partial charge in [0, 0.05) is 0 Å². The van der Waals surface area contributed by atoms with Crippen molar-refractivity contribution in [2.45, 2.75) is 13.5 Å². The van der Waals surface area contributed by atoms with E-state index < -0.39 is 12.1 Å². The van der Waals surface area contributed by atoms with Gasteiger partial charge in [0.1, 0.15) is 18.9 Å². The molecule has 0 fully saturated rings. The standard InChI is InChI=1S/C16H19NO5/c1-4-10-17(11-15(18)21-5-2)16(19)22-12-13-6-8-14(20-3)9-7-13/h1,6-9H,5,10-12H2,2-3H3. The van der Waals surface area contributed by atoms with Crippen LogP contribution in [-0.2, 0) is 20.9 Å². The highest BCUT2D eigenvalue weighted by atomic mass is 16.6. The summed E-state index contributed by atoms with van der Waals surface area (Å²) in [5.41, 5.74) is 0.797. The van der Waals surface area contributed by atoms with Crippen molar-refractivity contribution in [3.63, 3.8) is 0 Å². The van der Waals surface area contributed by atoms with Crippen molar-refractivity contribution in [3.05, 3.63) is 29.8 Å². The zero-order chi connectivity index (χ0) is 16.4. The van der Waals surface area contributed by atoms with Gasteiger partial charge in [-0.1, -0.05) is 18.1 Å². The highest BCUT2D eigenvalue weighted by Crippen LogP contribution is 2.12. The van der Waals surface area contributed by atoms with Crippen LogP contribution in [0.5, 0.6) is 5.75 Å². The lowest BCUT2D eigenvalue weighted by Gasteiger charge is -2.18. The van der Waals surface area contributed by atoms with Crippen molar-refractivity contribution in [2.75, 3.05) is 26.8 Å². The van der Waals surface area contributed by atoms with Crippen LogP contribution in [0.25, 0.3) is 0 Å². The minimum Gasteiger partial charge on any atom is -0.497 e. The van der Waals surface area contributed by atoms with Crippen LogP contribution in [0.1, 0.15) is 12.5 Å². The highest BCUT2D eigenvalue weighted by Gasteiger charge is 2.18. The van der Waals surface area contributed by atoms with Crippen molar-refractivity contribution in [2.24, 2.45) is 0 Å². The fourth-order valence-electron chi connectivity index (χ4n) is 1.62. The summed E-state index contributed by atoms with van der Waals surface area (Å²) in [6, 6.07) is 7.09. The van der Waals surface area contributed by atoms with Crippen molar-refractivity contribution < 1.29 is 23.8 Å². The van der Waals surface area contributed by atoms with Gasteiger partial charge in [-0.15, -0.1) is 6.42 Å². The van der Waals surface area contributed by atoms with Gasteiger partial charge in [-0.3, -0.25) is 9.69 Å². The van der Waals surface area contributed by atoms with Gasteiger partial charge in [-0.2, -0.15) is 0 Å². The first-order valence-corrected chi connectivity index (χ1v) is 6.74. The summed E-state index contributed by atoms with van der Waals surface area (Å²) >= 11 is 0. The van der Waals surface area contributed by atoms with Crippen LogP contribution >= 0.6 is 0 Å². The fraction of sp³-hybridized carbons (Fsp3) is 0.375. The largest absolute Gasteiger partial charge is 0.497 e. The van der Waals surface area contributed by atoms with E-state index in [1.165, 1.54) is 0 Å². The molecular weight excluding hydrogens is 286 g/mol. The lowest BCUT2D eigenvalue weighted by Crippen LogP contribution is -2.37. The first-order chi connectivity index (χ1) is 10.6. The maximum Gasteiger partial charge on any atom is 0.411 e. The van der Waals surface area contributed by atoms with E-state index in [4.69, 9.17) is 20.6 Å². The van der Waals surface area contributed by atoms with Crippen molar-refractivity contribution in [1.82, 2.24) is 4.90 Å². The summed E-state index contributed by atoms with van der Waals surface area (Å²) in [6.07, 6.45) is 4.53. The molecule has 0 N–H and O–H groups in total. The summed E-state index contributed by atoms with van der Waals surface area (Å²) in [5, 5.41) is 0. The molecule has 6 heteroatoms. The molecule has 1 aromatic rings. The number of benzene rings is 1. The van der Waals surface area contributed by atoms with Gasteiger partial charge in [0.15, 0.2) is 0 Å². The number of nitrogens with zero attached hydrogens (tertiary/aromatic N) is 1. The topological polar surface area (TPSA) is 65.1 Å². The van der Waals surface area contributed by atoms with Crippen LogP contribution in [0.2, 0.25) is 0 Å². The molecule has 6 nitrogen and oxygen atoms in total. The minimum atomic E-state index is -0.665. The lowest BCUT2D eigenvalue weighted by atomic mass is 10.2. The molecular formula is C16H19NO5. The molecule has 22 heavy (non-hydrogen) atoms. The summed E-state index contributed by atoms with van der Waals surface area (Å²) in [4.78, 5) is 24.5. The zero-order valence-electron chi connectivity index (χ0n) is 12.7. The molecule has 0 aromatic heterocycles. The molecule has 0 aliphatic heterocycles. The second-order valence-corrected chi connectivity index (χ2v) is 4.27. The minimum absolute atomic E-state index is 0.0275. The Balaban J connectivity index is 2.55. The molecule has 1 amide bonds. The number of methoxy groups -OCH3 is 1. The second kappa shape index (κ2) is 9.29. The molecule has 1 aromatic carbocycles. The number of carbonyl (C=O) groups excluding carboxylic acids is 2. The normalized spacial score (nSPS) is 9.50. The molecule has 0 saturated carbocycles.